The molecular weight excluding hydrogens is 428 g/mol. The van der Waals surface area contributed by atoms with Gasteiger partial charge >= 0.3 is 0 Å². The maximum absolute atomic E-state index is 12.6. The molecule has 3 aromatic rings. The number of para-hydroxylation sites is 1. The molecule has 1 amide bonds. The number of nitrogens with zero attached hydrogens (tertiary/aromatic N) is 4. The average Bonchev–Trinajstić information content (AvgIpc) is 2.72. The van der Waals surface area contributed by atoms with Crippen LogP contribution < -0.4 is 4.90 Å². The molecule has 0 atom stereocenters. The molecule has 0 spiro atoms. The first-order valence-electron chi connectivity index (χ1n) is 10.3. The van der Waals surface area contributed by atoms with Gasteiger partial charge in [-0.2, -0.15) is 0 Å². The van der Waals surface area contributed by atoms with Crippen LogP contribution in [0.15, 0.2) is 53.0 Å². The zero-order valence-electron chi connectivity index (χ0n) is 16.2. The summed E-state index contributed by atoms with van der Waals surface area (Å²) >= 11 is 3.54. The third-order valence-electron chi connectivity index (χ3n) is 6.01. The highest BCUT2D eigenvalue weighted by molar-refractivity contribution is 9.10. The molecule has 0 N–H and O–H groups in total. The number of rotatable bonds is 3. The molecule has 2 aliphatic rings. The molecule has 1 saturated carbocycles. The molecule has 5 rings (SSSR count). The lowest BCUT2D eigenvalue weighted by atomic mass is 9.84. The van der Waals surface area contributed by atoms with Crippen LogP contribution in [-0.2, 0) is 4.79 Å². The Balaban J connectivity index is 1.45. The second kappa shape index (κ2) is 7.75. The third kappa shape index (κ3) is 3.62. The lowest BCUT2D eigenvalue weighted by Crippen LogP contribution is -2.51. The number of anilines is 1. The summed E-state index contributed by atoms with van der Waals surface area (Å²) < 4.78 is 1.01. The molecule has 2 heterocycles. The second-order valence-electron chi connectivity index (χ2n) is 7.84. The van der Waals surface area contributed by atoms with Crippen LogP contribution in [-0.4, -0.2) is 47.0 Å². The van der Waals surface area contributed by atoms with Crippen molar-refractivity contribution in [1.82, 2.24) is 14.9 Å². The number of benzene rings is 2. The molecule has 148 valence electrons. The van der Waals surface area contributed by atoms with Crippen molar-refractivity contribution in [1.29, 1.82) is 0 Å². The fourth-order valence-electron chi connectivity index (χ4n) is 4.11. The number of carbonyl (C=O) groups excluding carboxylic acids is 1. The Morgan fingerprint density at radius 3 is 2.48 bits per heavy atom. The molecule has 1 aliphatic carbocycles. The molecule has 29 heavy (non-hydrogen) atoms. The summed E-state index contributed by atoms with van der Waals surface area (Å²) in [7, 11) is 0. The van der Waals surface area contributed by atoms with E-state index in [9.17, 15) is 4.79 Å². The number of halogens is 1. The van der Waals surface area contributed by atoms with E-state index in [-0.39, 0.29) is 5.92 Å². The fraction of sp³-hybridized carbons (Fsp3) is 0.348. The quantitative estimate of drug-likeness (QED) is 0.588. The van der Waals surface area contributed by atoms with Gasteiger partial charge in [-0.25, -0.2) is 9.97 Å². The fourth-order valence-corrected chi connectivity index (χ4v) is 4.51. The average molecular weight is 451 g/mol. The standard InChI is InChI=1S/C23H23BrN4O/c24-18-8-4-7-17(15-18)21-25-20-10-2-1-9-19(20)22(26-21)27-11-13-28(14-12-27)23(29)16-5-3-6-16/h1-2,4,7-10,15-16H,3,5-6,11-14H2. The van der Waals surface area contributed by atoms with Crippen molar-refractivity contribution in [3.8, 4) is 11.4 Å². The minimum Gasteiger partial charge on any atom is -0.352 e. The van der Waals surface area contributed by atoms with E-state index in [1.54, 1.807) is 0 Å². The van der Waals surface area contributed by atoms with E-state index in [2.05, 4.69) is 26.9 Å². The summed E-state index contributed by atoms with van der Waals surface area (Å²) in [5.41, 5.74) is 1.94. The molecule has 2 fully saturated rings. The van der Waals surface area contributed by atoms with Gasteiger partial charge in [0.25, 0.3) is 0 Å². The number of aromatic nitrogens is 2. The van der Waals surface area contributed by atoms with Gasteiger partial charge in [-0.15, -0.1) is 0 Å². The van der Waals surface area contributed by atoms with Gasteiger partial charge in [0.1, 0.15) is 5.82 Å². The zero-order valence-corrected chi connectivity index (χ0v) is 17.8. The molecule has 5 nitrogen and oxygen atoms in total. The predicted octanol–water partition coefficient (Wildman–Crippen LogP) is 4.51. The van der Waals surface area contributed by atoms with E-state index < -0.39 is 0 Å². The molecule has 2 aromatic carbocycles. The third-order valence-corrected chi connectivity index (χ3v) is 6.50. The highest BCUT2D eigenvalue weighted by Gasteiger charge is 2.31. The summed E-state index contributed by atoms with van der Waals surface area (Å²) in [6, 6.07) is 16.3. The second-order valence-corrected chi connectivity index (χ2v) is 8.75. The Kier molecular flexibility index (Phi) is 4.96. The topological polar surface area (TPSA) is 49.3 Å². The maximum Gasteiger partial charge on any atom is 0.225 e. The molecule has 1 aromatic heterocycles. The van der Waals surface area contributed by atoms with E-state index in [0.717, 1.165) is 71.6 Å². The molecule has 6 heteroatoms. The minimum atomic E-state index is 0.268. The van der Waals surface area contributed by atoms with Crippen molar-refractivity contribution in [2.75, 3.05) is 31.1 Å². The molecule has 1 saturated heterocycles. The SMILES string of the molecule is O=C(C1CCC1)N1CCN(c2nc(-c3cccc(Br)c3)nc3ccccc23)CC1. The van der Waals surface area contributed by atoms with Crippen LogP contribution >= 0.6 is 15.9 Å². The smallest absolute Gasteiger partial charge is 0.225 e. The van der Waals surface area contributed by atoms with E-state index in [1.807, 2.05) is 47.4 Å². The monoisotopic (exact) mass is 450 g/mol. The number of amides is 1. The van der Waals surface area contributed by atoms with Gasteiger partial charge in [-0.3, -0.25) is 4.79 Å². The number of hydrogen-bond acceptors (Lipinski definition) is 4. The van der Waals surface area contributed by atoms with Crippen LogP contribution in [0.1, 0.15) is 19.3 Å². The van der Waals surface area contributed by atoms with Crippen molar-refractivity contribution in [3.05, 3.63) is 53.0 Å². The maximum atomic E-state index is 12.6. The first-order chi connectivity index (χ1) is 14.2. The highest BCUT2D eigenvalue weighted by Crippen LogP contribution is 2.31. The lowest BCUT2D eigenvalue weighted by Gasteiger charge is -2.39. The molecule has 0 bridgehead atoms. The van der Waals surface area contributed by atoms with Crippen LogP contribution in [0.4, 0.5) is 5.82 Å². The minimum absolute atomic E-state index is 0.268. The largest absolute Gasteiger partial charge is 0.352 e. The van der Waals surface area contributed by atoms with Crippen LogP contribution in [0, 0.1) is 5.92 Å². The summed E-state index contributed by atoms with van der Waals surface area (Å²) in [6.07, 6.45) is 3.32. The van der Waals surface area contributed by atoms with E-state index >= 15 is 0 Å². The first-order valence-corrected chi connectivity index (χ1v) is 11.0. The van der Waals surface area contributed by atoms with Crippen molar-refractivity contribution < 1.29 is 4.79 Å². The Morgan fingerprint density at radius 1 is 0.966 bits per heavy atom. The molecular formula is C23H23BrN4O. The lowest BCUT2D eigenvalue weighted by molar-refractivity contribution is -0.138. The van der Waals surface area contributed by atoms with E-state index in [0.29, 0.717) is 5.91 Å². The van der Waals surface area contributed by atoms with Crippen molar-refractivity contribution >= 4 is 38.6 Å². The number of carbonyl (C=O) groups is 1. The first kappa shape index (κ1) is 18.6. The summed E-state index contributed by atoms with van der Waals surface area (Å²) in [6.45, 7) is 3.13. The molecule has 1 aliphatic heterocycles. The van der Waals surface area contributed by atoms with Gasteiger partial charge in [-0.1, -0.05) is 46.6 Å². The van der Waals surface area contributed by atoms with Gasteiger partial charge < -0.3 is 9.80 Å². The Morgan fingerprint density at radius 2 is 1.76 bits per heavy atom. The molecule has 0 unspecified atom stereocenters. The van der Waals surface area contributed by atoms with E-state index in [1.165, 1.54) is 6.42 Å². The van der Waals surface area contributed by atoms with Crippen molar-refractivity contribution in [2.45, 2.75) is 19.3 Å². The van der Waals surface area contributed by atoms with E-state index in [4.69, 9.17) is 9.97 Å². The number of hydrogen-bond donors (Lipinski definition) is 0. The number of piperazine rings is 1. The van der Waals surface area contributed by atoms with Gasteiger partial charge in [0, 0.05) is 47.5 Å². The van der Waals surface area contributed by atoms with Gasteiger partial charge in [0.15, 0.2) is 5.82 Å². The van der Waals surface area contributed by atoms with Crippen molar-refractivity contribution in [2.24, 2.45) is 5.92 Å². The van der Waals surface area contributed by atoms with Crippen LogP contribution in [0.3, 0.4) is 0 Å². The van der Waals surface area contributed by atoms with Crippen LogP contribution in [0.5, 0.6) is 0 Å². The normalized spacial score (nSPS) is 17.4. The van der Waals surface area contributed by atoms with Crippen molar-refractivity contribution in [3.63, 3.8) is 0 Å². The zero-order chi connectivity index (χ0) is 19.8. The Labute approximate surface area is 178 Å². The highest BCUT2D eigenvalue weighted by atomic mass is 79.9. The number of fused-ring (bicyclic) bond motifs is 1. The Hall–Kier alpha value is -2.47. The summed E-state index contributed by atoms with van der Waals surface area (Å²) in [4.78, 5) is 26.7. The van der Waals surface area contributed by atoms with Gasteiger partial charge in [0.05, 0.1) is 5.52 Å². The van der Waals surface area contributed by atoms with Gasteiger partial charge in [-0.05, 0) is 37.1 Å². The predicted molar refractivity (Wildman–Crippen MR) is 119 cm³/mol. The summed E-state index contributed by atoms with van der Waals surface area (Å²) in [5.74, 6) is 2.30. The Bertz CT molecular complexity index is 1060. The van der Waals surface area contributed by atoms with Crippen LogP contribution in [0.2, 0.25) is 0 Å². The summed E-state index contributed by atoms with van der Waals surface area (Å²) in [5, 5.41) is 1.06. The molecule has 0 radical (unpaired) electrons. The van der Waals surface area contributed by atoms with Crippen LogP contribution in [0.25, 0.3) is 22.3 Å². The van der Waals surface area contributed by atoms with Gasteiger partial charge in [0.2, 0.25) is 5.91 Å².